The smallest absolute Gasteiger partial charge is 0.251 e. The number of fused-ring (bicyclic) bond motifs is 10. The Kier molecular flexibility index (Phi) is 6.01. The van der Waals surface area contributed by atoms with Crippen molar-refractivity contribution in [1.82, 2.24) is 24.7 Å². The molecule has 2 aliphatic carbocycles. The van der Waals surface area contributed by atoms with Crippen LogP contribution in [-0.4, -0.2) is 111 Å². The van der Waals surface area contributed by atoms with Gasteiger partial charge in [0.25, 0.3) is 5.91 Å². The van der Waals surface area contributed by atoms with E-state index in [1.54, 1.807) is 4.90 Å². The predicted octanol–water partition coefficient (Wildman–Crippen LogP) is 5.79. The molecule has 2 N–H and O–H groups in total. The van der Waals surface area contributed by atoms with Crippen molar-refractivity contribution in [3.63, 3.8) is 0 Å². The van der Waals surface area contributed by atoms with Crippen molar-refractivity contribution in [3.8, 4) is 11.5 Å². The number of rotatable bonds is 0. The molecule has 340 valence electrons. The van der Waals surface area contributed by atoms with Crippen molar-refractivity contribution in [2.24, 2.45) is 17.3 Å². The molecule has 10 fully saturated rings. The summed E-state index contributed by atoms with van der Waals surface area (Å²) in [6.45, 7) is 17.0. The molecule has 66 heavy (non-hydrogen) atoms. The number of carbonyl (C=O) groups excluding carboxylic acids is 4. The molecular formula is C52H54N6O8. The highest BCUT2D eigenvalue weighted by Crippen LogP contribution is 2.81. The van der Waals surface area contributed by atoms with Crippen molar-refractivity contribution in [2.75, 3.05) is 13.1 Å². The number of piperazine rings is 2. The first-order valence-corrected chi connectivity index (χ1v) is 24.1. The molecule has 9 atom stereocenters. The number of carbonyl (C=O) groups is 4. The second-order valence-corrected chi connectivity index (χ2v) is 24.2. The highest BCUT2D eigenvalue weighted by atomic mass is 16.5. The summed E-state index contributed by atoms with van der Waals surface area (Å²) >= 11 is 0. The van der Waals surface area contributed by atoms with Crippen molar-refractivity contribution < 1.29 is 38.6 Å². The van der Waals surface area contributed by atoms with E-state index in [0.717, 1.165) is 4.74 Å². The molecule has 14 nitrogen and oxygen atoms in total. The summed E-state index contributed by atoms with van der Waals surface area (Å²) in [6, 6.07) is 6.54. The third-order valence-electron chi connectivity index (χ3n) is 20.0. The summed E-state index contributed by atoms with van der Waals surface area (Å²) in [5.41, 5.74) is -6.07. The first kappa shape index (κ1) is 38.3. The summed E-state index contributed by atoms with van der Waals surface area (Å²) in [6.07, 6.45) is 10.8. The van der Waals surface area contributed by atoms with Crippen LogP contribution in [0.5, 0.6) is 11.5 Å². The van der Waals surface area contributed by atoms with E-state index in [-0.39, 0.29) is 23.6 Å². The lowest BCUT2D eigenvalue weighted by Crippen LogP contribution is -2.93. The fourth-order valence-corrected chi connectivity index (χ4v) is 18.0. The number of ether oxygens (including phenoxy) is 2. The van der Waals surface area contributed by atoms with Gasteiger partial charge in [0.2, 0.25) is 23.4 Å². The zero-order valence-corrected chi connectivity index (χ0v) is 38.6. The standard InChI is InChI=1S/C52H54N6O8/c1-44(2)19-15-25-29(65-44)13-11-27-33-36-50-28-12-14-30-26(16-20-45(3,4)66-30)35(28)58(64)38(50)47(7,8)31-23-48-17-9-21-54(48)42(61)51(31,53-40(48)59)39(50)56-41(60)49-18-10-22-55(49)43(62)52(36,56)32(24-49)46(5,6)37(33)57(63)34(25)27/h11-16,19-20,31-32,36,39,63H,9-10,17-18,21-24H2,1-8H3,(H,53,59)/t31-,32?,36+,39?,48+,49?,50?,51?,52-/m0/s1. The van der Waals surface area contributed by atoms with Crippen LogP contribution in [0.4, 0.5) is 5.69 Å². The average molecular weight is 891 g/mol. The van der Waals surface area contributed by atoms with Gasteiger partial charge in [-0.3, -0.25) is 19.2 Å². The number of hydrogen-bond acceptors (Lipinski definition) is 8. The molecule has 14 heteroatoms. The summed E-state index contributed by atoms with van der Waals surface area (Å²) in [5, 5.41) is 33.8. The van der Waals surface area contributed by atoms with Crippen LogP contribution >= 0.6 is 0 Å². The third-order valence-corrected chi connectivity index (χ3v) is 20.0. The Hall–Kier alpha value is -5.79. The molecule has 2 aromatic carbocycles. The average Bonchev–Trinajstić information content (AvgIpc) is 4.05. The van der Waals surface area contributed by atoms with Crippen molar-refractivity contribution in [1.29, 1.82) is 0 Å². The van der Waals surface area contributed by atoms with E-state index < -0.39 is 73.4 Å². The number of benzene rings is 2. The lowest BCUT2D eigenvalue weighted by atomic mass is 9.39. The molecule has 1 saturated carbocycles. The van der Waals surface area contributed by atoms with Gasteiger partial charge in [-0.2, -0.15) is 9.47 Å². The van der Waals surface area contributed by atoms with E-state index >= 15 is 24.4 Å². The molecule has 14 aliphatic rings. The van der Waals surface area contributed by atoms with Gasteiger partial charge in [-0.15, -0.1) is 0 Å². The van der Waals surface area contributed by atoms with Crippen LogP contribution in [-0.2, 0) is 30.0 Å². The van der Waals surface area contributed by atoms with Crippen LogP contribution in [0.25, 0.3) is 23.1 Å². The van der Waals surface area contributed by atoms with Gasteiger partial charge in [0.1, 0.15) is 50.3 Å². The summed E-state index contributed by atoms with van der Waals surface area (Å²) in [4.78, 5) is 70.5. The number of amides is 4. The molecule has 5 unspecified atom stereocenters. The molecule has 0 radical (unpaired) electrons. The van der Waals surface area contributed by atoms with Crippen molar-refractivity contribution in [2.45, 2.75) is 150 Å². The van der Waals surface area contributed by atoms with E-state index in [0.29, 0.717) is 113 Å². The van der Waals surface area contributed by atoms with Gasteiger partial charge in [-0.1, -0.05) is 13.8 Å². The molecular weight excluding hydrogens is 837 g/mol. The van der Waals surface area contributed by atoms with Crippen molar-refractivity contribution in [3.05, 3.63) is 69.6 Å². The maximum atomic E-state index is 16.8. The Labute approximate surface area is 381 Å². The molecule has 4 amide bonds. The third kappa shape index (κ3) is 3.39. The maximum Gasteiger partial charge on any atom is 0.251 e. The van der Waals surface area contributed by atoms with Crippen LogP contribution in [0.15, 0.2) is 36.4 Å². The normalized spacial score (nSPS) is 40.5. The molecule has 1 aromatic heterocycles. The number of nitrogens with zero attached hydrogens (tertiary/aromatic N) is 5. The van der Waals surface area contributed by atoms with E-state index in [2.05, 4.69) is 33.0 Å². The van der Waals surface area contributed by atoms with Gasteiger partial charge >= 0.3 is 0 Å². The number of hydrogen-bond donors (Lipinski definition) is 2. The minimum Gasteiger partial charge on any atom is -0.618 e. The SMILES string of the molecule is CC1(C)C=Cc2c(ccc3c2[N+]([O-])=C2C(C)(C)[C@@H]4C[C@@]56CCCN5C(=O)C4(NC6=O)C4N5C(=O)C67CCCN6C(=O)[C@@]56C(C7)C(C)(C)c5c(c7ccc8c(c7n5O)C=CC(C)(C)O8)[C@@H]6C234)O1. The first-order chi connectivity index (χ1) is 31.1. The molecule has 3 aromatic rings. The highest BCUT2D eigenvalue weighted by Gasteiger charge is 2.95. The van der Waals surface area contributed by atoms with E-state index in [4.69, 9.17) is 9.47 Å². The Morgan fingerprint density at radius 1 is 0.758 bits per heavy atom. The monoisotopic (exact) mass is 890 g/mol. The Morgan fingerprint density at radius 3 is 2.09 bits per heavy atom. The quantitative estimate of drug-likeness (QED) is 0.163. The van der Waals surface area contributed by atoms with E-state index in [1.165, 1.54) is 4.73 Å². The van der Waals surface area contributed by atoms with E-state index in [9.17, 15) is 5.21 Å². The fraction of sp³-hybridized carbons (Fsp3) is 0.558. The summed E-state index contributed by atoms with van der Waals surface area (Å²) < 4.78 is 15.5. The lowest BCUT2D eigenvalue weighted by molar-refractivity contribution is -0.367. The second kappa shape index (κ2) is 10.4. The largest absolute Gasteiger partial charge is 0.618 e. The number of nitrogens with one attached hydrogen (secondary N) is 1. The molecule has 12 aliphatic heterocycles. The number of aromatic nitrogens is 1. The van der Waals surface area contributed by atoms with Crippen molar-refractivity contribution >= 4 is 58.1 Å². The first-order valence-electron chi connectivity index (χ1n) is 24.1. The fourth-order valence-electron chi connectivity index (χ4n) is 18.0. The lowest BCUT2D eigenvalue weighted by Gasteiger charge is -2.70. The van der Waals surface area contributed by atoms with Gasteiger partial charge in [-0.25, -0.2) is 0 Å². The maximum absolute atomic E-state index is 16.8. The Balaban J connectivity index is 1.16. The Bertz CT molecular complexity index is 3140. The van der Waals surface area contributed by atoms with Crippen LogP contribution in [0, 0.1) is 22.5 Å². The minimum atomic E-state index is -1.73. The van der Waals surface area contributed by atoms with Gasteiger partial charge in [0, 0.05) is 52.8 Å². The molecule has 13 heterocycles. The van der Waals surface area contributed by atoms with Gasteiger partial charge in [-0.05, 0) is 134 Å². The van der Waals surface area contributed by atoms with Crippen LogP contribution < -0.4 is 14.8 Å². The predicted molar refractivity (Wildman–Crippen MR) is 240 cm³/mol. The van der Waals surface area contributed by atoms with Crippen LogP contribution in [0.1, 0.15) is 128 Å². The van der Waals surface area contributed by atoms with Gasteiger partial charge in [0.15, 0.2) is 5.71 Å². The molecule has 4 bridgehead atoms. The second-order valence-electron chi connectivity index (χ2n) is 24.2. The molecule has 9 saturated heterocycles. The summed E-state index contributed by atoms with van der Waals surface area (Å²) in [5.74, 6) is -1.92. The molecule has 17 rings (SSSR count). The summed E-state index contributed by atoms with van der Waals surface area (Å²) in [7, 11) is 0. The Morgan fingerprint density at radius 2 is 1.38 bits per heavy atom. The zero-order valence-electron chi connectivity index (χ0n) is 38.6. The van der Waals surface area contributed by atoms with Crippen LogP contribution in [0.2, 0.25) is 0 Å². The minimum absolute atomic E-state index is 0.176. The van der Waals surface area contributed by atoms with E-state index in [1.807, 2.05) is 86.1 Å². The van der Waals surface area contributed by atoms with Gasteiger partial charge < -0.3 is 39.9 Å². The zero-order chi connectivity index (χ0) is 45.8. The topological polar surface area (TPSA) is 160 Å². The van der Waals surface area contributed by atoms with Gasteiger partial charge in [0.05, 0.1) is 28.2 Å². The van der Waals surface area contributed by atoms with Crippen LogP contribution in [0.3, 0.4) is 0 Å². The number of piperidine rings is 4. The highest BCUT2D eigenvalue weighted by molar-refractivity contribution is 6.18. The molecule has 5 spiro atoms.